The van der Waals surface area contributed by atoms with Crippen LogP contribution in [-0.2, 0) is 13.6 Å². The van der Waals surface area contributed by atoms with E-state index in [1.165, 1.54) is 0 Å². The molecule has 0 unspecified atom stereocenters. The Morgan fingerprint density at radius 1 is 1.41 bits per heavy atom. The number of carbonyl (C=O) groups is 1. The smallest absolute Gasteiger partial charge is 0.250 e. The highest BCUT2D eigenvalue weighted by molar-refractivity contribution is 5.98. The molecule has 0 aliphatic carbocycles. The quantitative estimate of drug-likeness (QED) is 0.827. The third-order valence-electron chi connectivity index (χ3n) is 2.42. The number of aryl methyl sites for hydroxylation is 1. The maximum atomic E-state index is 11.2. The summed E-state index contributed by atoms with van der Waals surface area (Å²) in [4.78, 5) is 11.2. The molecule has 0 fully saturated rings. The van der Waals surface area contributed by atoms with E-state index in [1.54, 1.807) is 16.8 Å². The number of primary amides is 1. The molecule has 3 N–H and O–H groups in total. The standard InChI is InChI=1S/C12H14N4O/c1-16-7-6-9(15-16)8-14-11-5-3-2-4-10(11)12(13)17/h2-7,14H,8H2,1H3,(H2,13,17). The van der Waals surface area contributed by atoms with Gasteiger partial charge in [-0.3, -0.25) is 9.48 Å². The van der Waals surface area contributed by atoms with Gasteiger partial charge in [-0.2, -0.15) is 5.10 Å². The number of hydrogen-bond donors (Lipinski definition) is 2. The Bertz CT molecular complexity index is 533. The Balaban J connectivity index is 2.11. The van der Waals surface area contributed by atoms with E-state index in [1.807, 2.05) is 31.4 Å². The molecule has 2 aromatic rings. The fourth-order valence-corrected chi connectivity index (χ4v) is 1.60. The first-order valence-corrected chi connectivity index (χ1v) is 5.28. The van der Waals surface area contributed by atoms with E-state index in [9.17, 15) is 4.79 Å². The van der Waals surface area contributed by atoms with Gasteiger partial charge in [-0.25, -0.2) is 0 Å². The lowest BCUT2D eigenvalue weighted by Gasteiger charge is -2.08. The second-order valence-corrected chi connectivity index (χ2v) is 3.74. The first kappa shape index (κ1) is 11.2. The molecule has 0 spiro atoms. The molecule has 0 aliphatic rings. The van der Waals surface area contributed by atoms with Crippen molar-refractivity contribution in [2.75, 3.05) is 5.32 Å². The summed E-state index contributed by atoms with van der Waals surface area (Å²) < 4.78 is 1.73. The molecule has 5 nitrogen and oxygen atoms in total. The normalized spacial score (nSPS) is 10.2. The zero-order valence-electron chi connectivity index (χ0n) is 9.55. The Morgan fingerprint density at radius 2 is 2.18 bits per heavy atom. The van der Waals surface area contributed by atoms with Crippen LogP contribution in [0, 0.1) is 0 Å². The third kappa shape index (κ3) is 2.63. The number of amides is 1. The fraction of sp³-hybridized carbons (Fsp3) is 0.167. The molecule has 1 aromatic carbocycles. The number of nitrogens with one attached hydrogen (secondary N) is 1. The predicted octanol–water partition coefficient (Wildman–Crippen LogP) is 1.13. The van der Waals surface area contributed by atoms with Gasteiger partial charge in [0.05, 0.1) is 17.8 Å². The van der Waals surface area contributed by atoms with Crippen LogP contribution in [0.4, 0.5) is 5.69 Å². The van der Waals surface area contributed by atoms with Crippen molar-refractivity contribution in [3.05, 3.63) is 47.8 Å². The lowest BCUT2D eigenvalue weighted by Crippen LogP contribution is -2.14. The molecule has 0 atom stereocenters. The molecule has 1 heterocycles. The molecule has 2 rings (SSSR count). The molecule has 17 heavy (non-hydrogen) atoms. The van der Waals surface area contributed by atoms with Crippen molar-refractivity contribution >= 4 is 11.6 Å². The Kier molecular flexibility index (Phi) is 3.09. The summed E-state index contributed by atoms with van der Waals surface area (Å²) in [5.74, 6) is -0.436. The van der Waals surface area contributed by atoms with Crippen LogP contribution < -0.4 is 11.1 Å². The summed E-state index contributed by atoms with van der Waals surface area (Å²) >= 11 is 0. The molecule has 0 saturated heterocycles. The Hall–Kier alpha value is -2.30. The highest BCUT2D eigenvalue weighted by Gasteiger charge is 2.06. The van der Waals surface area contributed by atoms with Gasteiger partial charge in [0.25, 0.3) is 5.91 Å². The van der Waals surface area contributed by atoms with Crippen LogP contribution in [0.3, 0.4) is 0 Å². The Morgan fingerprint density at radius 3 is 2.82 bits per heavy atom. The van der Waals surface area contributed by atoms with E-state index in [2.05, 4.69) is 10.4 Å². The molecule has 0 bridgehead atoms. The number of hydrogen-bond acceptors (Lipinski definition) is 3. The average Bonchev–Trinajstić information content (AvgIpc) is 2.73. The van der Waals surface area contributed by atoms with Crippen molar-refractivity contribution in [2.45, 2.75) is 6.54 Å². The van der Waals surface area contributed by atoms with E-state index in [4.69, 9.17) is 5.73 Å². The van der Waals surface area contributed by atoms with E-state index >= 15 is 0 Å². The molecule has 0 aliphatic heterocycles. The second kappa shape index (κ2) is 4.69. The number of para-hydroxylation sites is 1. The second-order valence-electron chi connectivity index (χ2n) is 3.74. The van der Waals surface area contributed by atoms with Gasteiger partial charge in [0.15, 0.2) is 0 Å². The lowest BCUT2D eigenvalue weighted by atomic mass is 10.1. The van der Waals surface area contributed by atoms with Gasteiger partial charge in [0, 0.05) is 18.9 Å². The fourth-order valence-electron chi connectivity index (χ4n) is 1.60. The van der Waals surface area contributed by atoms with Crippen LogP contribution in [0.2, 0.25) is 0 Å². The number of benzene rings is 1. The van der Waals surface area contributed by atoms with Gasteiger partial charge >= 0.3 is 0 Å². The number of nitrogens with two attached hydrogens (primary N) is 1. The van der Waals surface area contributed by atoms with Crippen LogP contribution in [0.25, 0.3) is 0 Å². The molecule has 0 saturated carbocycles. The van der Waals surface area contributed by atoms with E-state index in [0.717, 1.165) is 11.4 Å². The highest BCUT2D eigenvalue weighted by Crippen LogP contribution is 2.14. The number of rotatable bonds is 4. The van der Waals surface area contributed by atoms with Crippen LogP contribution in [-0.4, -0.2) is 15.7 Å². The SMILES string of the molecule is Cn1ccc(CNc2ccccc2C(N)=O)n1. The summed E-state index contributed by atoms with van der Waals surface area (Å²) in [5, 5.41) is 7.39. The maximum Gasteiger partial charge on any atom is 0.250 e. The number of nitrogens with zero attached hydrogens (tertiary/aromatic N) is 2. The van der Waals surface area contributed by atoms with Crippen LogP contribution in [0.15, 0.2) is 36.5 Å². The highest BCUT2D eigenvalue weighted by atomic mass is 16.1. The number of aromatic nitrogens is 2. The lowest BCUT2D eigenvalue weighted by molar-refractivity contribution is 0.100. The summed E-state index contributed by atoms with van der Waals surface area (Å²) in [6.45, 7) is 0.561. The minimum Gasteiger partial charge on any atom is -0.379 e. The maximum absolute atomic E-state index is 11.2. The molecule has 5 heteroatoms. The summed E-state index contributed by atoms with van der Waals surface area (Å²) in [6, 6.07) is 9.07. The van der Waals surface area contributed by atoms with E-state index in [0.29, 0.717) is 12.1 Å². The average molecular weight is 230 g/mol. The summed E-state index contributed by atoms with van der Waals surface area (Å²) in [6.07, 6.45) is 1.87. The van der Waals surface area contributed by atoms with Crippen molar-refractivity contribution in [1.82, 2.24) is 9.78 Å². The minimum absolute atomic E-state index is 0.436. The third-order valence-corrected chi connectivity index (χ3v) is 2.42. The number of carbonyl (C=O) groups excluding carboxylic acids is 1. The molecular formula is C12H14N4O. The van der Waals surface area contributed by atoms with E-state index in [-0.39, 0.29) is 0 Å². The molecule has 1 amide bonds. The summed E-state index contributed by atoms with van der Waals surface area (Å²) in [7, 11) is 1.86. The van der Waals surface area contributed by atoms with Crippen molar-refractivity contribution in [1.29, 1.82) is 0 Å². The monoisotopic (exact) mass is 230 g/mol. The molecule has 88 valence electrons. The molecule has 1 aromatic heterocycles. The first-order valence-electron chi connectivity index (χ1n) is 5.28. The minimum atomic E-state index is -0.436. The number of anilines is 1. The van der Waals surface area contributed by atoms with Crippen LogP contribution >= 0.6 is 0 Å². The van der Waals surface area contributed by atoms with Gasteiger partial charge in [-0.05, 0) is 18.2 Å². The van der Waals surface area contributed by atoms with Gasteiger partial charge in [0.2, 0.25) is 0 Å². The molecular weight excluding hydrogens is 216 g/mol. The molecule has 0 radical (unpaired) electrons. The van der Waals surface area contributed by atoms with Gasteiger partial charge in [-0.1, -0.05) is 12.1 Å². The zero-order chi connectivity index (χ0) is 12.3. The van der Waals surface area contributed by atoms with Crippen molar-refractivity contribution in [2.24, 2.45) is 12.8 Å². The first-order chi connectivity index (χ1) is 8.16. The van der Waals surface area contributed by atoms with Crippen molar-refractivity contribution in [3.8, 4) is 0 Å². The van der Waals surface area contributed by atoms with Crippen molar-refractivity contribution < 1.29 is 4.79 Å². The largest absolute Gasteiger partial charge is 0.379 e. The Labute approximate surface area is 99.2 Å². The topological polar surface area (TPSA) is 72.9 Å². The van der Waals surface area contributed by atoms with Gasteiger partial charge in [-0.15, -0.1) is 0 Å². The predicted molar refractivity (Wildman–Crippen MR) is 65.5 cm³/mol. The van der Waals surface area contributed by atoms with Crippen LogP contribution in [0.1, 0.15) is 16.1 Å². The van der Waals surface area contributed by atoms with Crippen LogP contribution in [0.5, 0.6) is 0 Å². The van der Waals surface area contributed by atoms with Gasteiger partial charge in [0.1, 0.15) is 0 Å². The summed E-state index contributed by atoms with van der Waals surface area (Å²) in [5.41, 5.74) is 7.41. The van der Waals surface area contributed by atoms with Crippen molar-refractivity contribution in [3.63, 3.8) is 0 Å². The van der Waals surface area contributed by atoms with E-state index < -0.39 is 5.91 Å². The van der Waals surface area contributed by atoms with Gasteiger partial charge < -0.3 is 11.1 Å². The zero-order valence-corrected chi connectivity index (χ0v) is 9.55.